The minimum absolute atomic E-state index is 0.259. The second kappa shape index (κ2) is 5.89. The van der Waals surface area contributed by atoms with Gasteiger partial charge in [0.2, 0.25) is 0 Å². The van der Waals surface area contributed by atoms with Crippen LogP contribution < -0.4 is 4.90 Å². The zero-order chi connectivity index (χ0) is 13.1. The fourth-order valence-corrected chi connectivity index (χ4v) is 2.56. The van der Waals surface area contributed by atoms with E-state index in [4.69, 9.17) is 16.3 Å². The van der Waals surface area contributed by atoms with Crippen LogP contribution in [0, 0.1) is 6.92 Å². The summed E-state index contributed by atoms with van der Waals surface area (Å²) >= 11 is 5.94. The van der Waals surface area contributed by atoms with Gasteiger partial charge >= 0.3 is 0 Å². The number of halogens is 1. The van der Waals surface area contributed by atoms with Gasteiger partial charge in [0.25, 0.3) is 0 Å². The lowest BCUT2D eigenvalue weighted by atomic mass is 10.1. The molecule has 1 aliphatic heterocycles. The number of pyridine rings is 1. The van der Waals surface area contributed by atoms with Gasteiger partial charge in [-0.3, -0.25) is 0 Å². The van der Waals surface area contributed by atoms with E-state index in [1.165, 1.54) is 0 Å². The average molecular weight is 269 g/mol. The van der Waals surface area contributed by atoms with Crippen molar-refractivity contribution in [2.75, 3.05) is 18.1 Å². The minimum Gasteiger partial charge on any atom is -0.375 e. The van der Waals surface area contributed by atoms with Crippen molar-refractivity contribution in [3.8, 4) is 0 Å². The summed E-state index contributed by atoms with van der Waals surface area (Å²) < 4.78 is 5.72. The second-order valence-corrected chi connectivity index (χ2v) is 5.23. The molecule has 0 amide bonds. The van der Waals surface area contributed by atoms with Gasteiger partial charge in [0.1, 0.15) is 5.82 Å². The van der Waals surface area contributed by atoms with Gasteiger partial charge in [-0.2, -0.15) is 0 Å². The largest absolute Gasteiger partial charge is 0.375 e. The van der Waals surface area contributed by atoms with Gasteiger partial charge in [-0.05, 0) is 38.0 Å². The number of hydrogen-bond acceptors (Lipinski definition) is 3. The van der Waals surface area contributed by atoms with Crippen LogP contribution in [0.25, 0.3) is 0 Å². The Kier molecular flexibility index (Phi) is 4.46. The summed E-state index contributed by atoms with van der Waals surface area (Å²) in [4.78, 5) is 7.01. The molecule has 0 aromatic carbocycles. The maximum absolute atomic E-state index is 5.94. The maximum atomic E-state index is 5.94. The van der Waals surface area contributed by atoms with Crippen LogP contribution in [0.15, 0.2) is 12.1 Å². The Morgan fingerprint density at radius 2 is 2.28 bits per heavy atom. The van der Waals surface area contributed by atoms with Gasteiger partial charge in [-0.25, -0.2) is 4.98 Å². The molecular weight excluding hydrogens is 248 g/mol. The van der Waals surface area contributed by atoms with Gasteiger partial charge in [-0.15, -0.1) is 11.6 Å². The Morgan fingerprint density at radius 3 is 2.94 bits per heavy atom. The number of hydrogen-bond donors (Lipinski definition) is 0. The molecule has 1 aliphatic rings. The Bertz CT molecular complexity index is 411. The lowest BCUT2D eigenvalue weighted by Gasteiger charge is -2.39. The van der Waals surface area contributed by atoms with E-state index in [0.29, 0.717) is 11.9 Å². The molecule has 2 heterocycles. The van der Waals surface area contributed by atoms with Gasteiger partial charge < -0.3 is 9.64 Å². The number of rotatable bonds is 3. The molecule has 1 aromatic rings. The SMILES string of the molecule is CCC1COC(C)CN1c1cc(CCl)cc(C)n1. The van der Waals surface area contributed by atoms with Crippen LogP contribution in [0.2, 0.25) is 0 Å². The first kappa shape index (κ1) is 13.6. The van der Waals surface area contributed by atoms with Gasteiger partial charge in [0, 0.05) is 18.1 Å². The van der Waals surface area contributed by atoms with E-state index in [0.717, 1.165) is 36.6 Å². The Hall–Kier alpha value is -0.800. The third-order valence-electron chi connectivity index (χ3n) is 3.39. The molecule has 4 heteroatoms. The Balaban J connectivity index is 2.29. The summed E-state index contributed by atoms with van der Waals surface area (Å²) in [6.07, 6.45) is 1.33. The molecule has 0 spiro atoms. The lowest BCUT2D eigenvalue weighted by Crippen LogP contribution is -2.49. The van der Waals surface area contributed by atoms with Crippen LogP contribution in [0.1, 0.15) is 31.5 Å². The second-order valence-electron chi connectivity index (χ2n) is 4.97. The first-order chi connectivity index (χ1) is 8.63. The molecule has 0 radical (unpaired) electrons. The number of aryl methyl sites for hydroxylation is 1. The van der Waals surface area contributed by atoms with Gasteiger partial charge in [0.05, 0.1) is 18.8 Å². The molecule has 100 valence electrons. The summed E-state index contributed by atoms with van der Waals surface area (Å²) in [6, 6.07) is 4.56. The number of morpholine rings is 1. The third kappa shape index (κ3) is 2.96. The molecule has 18 heavy (non-hydrogen) atoms. The van der Waals surface area contributed by atoms with E-state index in [2.05, 4.69) is 29.8 Å². The van der Waals surface area contributed by atoms with Crippen molar-refractivity contribution in [2.24, 2.45) is 0 Å². The molecule has 1 aromatic heterocycles. The van der Waals surface area contributed by atoms with Crippen molar-refractivity contribution in [3.05, 3.63) is 23.4 Å². The van der Waals surface area contributed by atoms with Crippen LogP contribution in [0.5, 0.6) is 0 Å². The van der Waals surface area contributed by atoms with Crippen molar-refractivity contribution in [2.45, 2.75) is 45.2 Å². The first-order valence-electron chi connectivity index (χ1n) is 6.55. The summed E-state index contributed by atoms with van der Waals surface area (Å²) in [5.41, 5.74) is 2.16. The van der Waals surface area contributed by atoms with Crippen molar-refractivity contribution in [1.82, 2.24) is 4.98 Å². The van der Waals surface area contributed by atoms with Crippen molar-refractivity contribution < 1.29 is 4.74 Å². The van der Waals surface area contributed by atoms with E-state index in [-0.39, 0.29) is 6.10 Å². The molecule has 1 fully saturated rings. The maximum Gasteiger partial charge on any atom is 0.129 e. The topological polar surface area (TPSA) is 25.4 Å². The van der Waals surface area contributed by atoms with E-state index in [1.807, 2.05) is 13.0 Å². The van der Waals surface area contributed by atoms with E-state index in [9.17, 15) is 0 Å². The molecule has 1 saturated heterocycles. The predicted molar refractivity (Wildman–Crippen MR) is 75.4 cm³/mol. The molecule has 3 nitrogen and oxygen atoms in total. The number of anilines is 1. The Labute approximate surface area is 114 Å². The smallest absolute Gasteiger partial charge is 0.129 e. The quantitative estimate of drug-likeness (QED) is 0.788. The highest BCUT2D eigenvalue weighted by Crippen LogP contribution is 2.23. The molecule has 2 rings (SSSR count). The number of ether oxygens (including phenoxy) is 1. The molecule has 2 atom stereocenters. The average Bonchev–Trinajstić information content (AvgIpc) is 2.38. The van der Waals surface area contributed by atoms with Crippen molar-refractivity contribution in [1.29, 1.82) is 0 Å². The highest BCUT2D eigenvalue weighted by molar-refractivity contribution is 6.17. The fraction of sp³-hybridized carbons (Fsp3) is 0.643. The third-order valence-corrected chi connectivity index (χ3v) is 3.70. The van der Waals surface area contributed by atoms with Gasteiger partial charge in [-0.1, -0.05) is 6.92 Å². The normalized spacial score (nSPS) is 24.3. The monoisotopic (exact) mass is 268 g/mol. The number of aromatic nitrogens is 1. The molecule has 0 bridgehead atoms. The van der Waals surface area contributed by atoms with E-state index < -0.39 is 0 Å². The van der Waals surface area contributed by atoms with Crippen molar-refractivity contribution in [3.63, 3.8) is 0 Å². The van der Waals surface area contributed by atoms with Crippen LogP contribution in [-0.4, -0.2) is 30.3 Å². The van der Waals surface area contributed by atoms with Crippen LogP contribution in [-0.2, 0) is 10.6 Å². The molecule has 0 saturated carbocycles. The zero-order valence-corrected chi connectivity index (χ0v) is 12.1. The van der Waals surface area contributed by atoms with Crippen LogP contribution >= 0.6 is 11.6 Å². The molecule has 0 N–H and O–H groups in total. The summed E-state index contributed by atoms with van der Waals surface area (Å²) in [7, 11) is 0. The number of nitrogens with zero attached hydrogens (tertiary/aromatic N) is 2. The summed E-state index contributed by atoms with van der Waals surface area (Å²) in [5.74, 6) is 1.57. The molecular formula is C14H21ClN2O. The summed E-state index contributed by atoms with van der Waals surface area (Å²) in [5, 5.41) is 0. The minimum atomic E-state index is 0.259. The molecule has 0 aliphatic carbocycles. The Morgan fingerprint density at radius 1 is 1.50 bits per heavy atom. The first-order valence-corrected chi connectivity index (χ1v) is 7.09. The standard InChI is InChI=1S/C14H21ClN2O/c1-4-13-9-18-11(3)8-17(13)14-6-12(7-15)5-10(2)16-14/h5-6,11,13H,4,7-9H2,1-3H3. The fourth-order valence-electron chi connectivity index (χ4n) is 2.41. The molecule has 2 unspecified atom stereocenters. The number of alkyl halides is 1. The predicted octanol–water partition coefficient (Wildman–Crippen LogP) is 3.13. The highest BCUT2D eigenvalue weighted by Gasteiger charge is 2.26. The summed E-state index contributed by atoms with van der Waals surface area (Å²) in [6.45, 7) is 8.00. The van der Waals surface area contributed by atoms with E-state index >= 15 is 0 Å². The lowest BCUT2D eigenvalue weighted by molar-refractivity contribution is 0.0296. The van der Waals surface area contributed by atoms with Gasteiger partial charge in [0.15, 0.2) is 0 Å². The zero-order valence-electron chi connectivity index (χ0n) is 11.3. The highest BCUT2D eigenvalue weighted by atomic mass is 35.5. The van der Waals surface area contributed by atoms with E-state index in [1.54, 1.807) is 0 Å². The van der Waals surface area contributed by atoms with Crippen LogP contribution in [0.4, 0.5) is 5.82 Å². The van der Waals surface area contributed by atoms with Crippen molar-refractivity contribution >= 4 is 17.4 Å². The van der Waals surface area contributed by atoms with Crippen LogP contribution in [0.3, 0.4) is 0 Å².